The Bertz CT molecular complexity index is 906. The predicted molar refractivity (Wildman–Crippen MR) is 201 cm³/mol. The molecule has 0 atom stereocenters. The van der Waals surface area contributed by atoms with E-state index in [1.165, 1.54) is 18.5 Å². The van der Waals surface area contributed by atoms with Gasteiger partial charge >= 0.3 is 0 Å². The molecule has 1 N–H and O–H groups in total. The van der Waals surface area contributed by atoms with E-state index in [1.807, 2.05) is 33.8 Å². The molecule has 0 unspecified atom stereocenters. The second kappa shape index (κ2) is 35.9. The Hall–Kier alpha value is -2.58. The fourth-order valence-corrected chi connectivity index (χ4v) is 4.18. The molecule has 1 heterocycles. The molecule has 7 heteroatoms. The standard InChI is InChI=1S/C26H39N3O.C9H21NO.C2H6.CH4O/c1-7-10-16-25(28-9-3)24(21-23(5)15-11-14-22(4)13-8-2)26(27-6)29-17-12-19-30-20-18-29;1-4-6-10(3)7-9-11-8-5-2;2*1-2/h7-8,10-11,13-15,21H,6,9,12,16-20H2,1-5H3;4-9H2,1-3H3;1-2H3;2H,1H3/b10-7?,13-8-,15-11+,22-14-,23-21+,26-24+,28-25?;;;. The lowest BCUT2D eigenvalue weighted by molar-refractivity contribution is 0.112. The van der Waals surface area contributed by atoms with Crippen LogP contribution in [0.1, 0.15) is 88.0 Å². The van der Waals surface area contributed by atoms with Crippen LogP contribution in [0.5, 0.6) is 0 Å². The van der Waals surface area contributed by atoms with Gasteiger partial charge in [-0.1, -0.05) is 81.4 Å². The quantitative estimate of drug-likeness (QED) is 0.0756. The second-order valence-corrected chi connectivity index (χ2v) is 10.1. The third-order valence-electron chi connectivity index (χ3n) is 6.21. The number of ether oxygens (including phenoxy) is 2. The maximum Gasteiger partial charge on any atom is 0.136 e. The van der Waals surface area contributed by atoms with Gasteiger partial charge in [0.2, 0.25) is 0 Å². The summed E-state index contributed by atoms with van der Waals surface area (Å²) in [6, 6.07) is 0. The number of allylic oxidation sites excluding steroid dienone is 11. The minimum atomic E-state index is 0.707. The molecule has 0 spiro atoms. The number of hydrogen-bond acceptors (Lipinski definition) is 7. The summed E-state index contributed by atoms with van der Waals surface area (Å²) in [6.07, 6.45) is 21.0. The summed E-state index contributed by atoms with van der Waals surface area (Å²) in [6.45, 7) is 30.6. The highest BCUT2D eigenvalue weighted by molar-refractivity contribution is 6.04. The third kappa shape index (κ3) is 26.4. The van der Waals surface area contributed by atoms with Crippen molar-refractivity contribution in [1.29, 1.82) is 0 Å². The zero-order valence-electron chi connectivity index (χ0n) is 31.1. The molecule has 1 aliphatic heterocycles. The molecule has 0 aromatic heterocycles. The molecule has 0 aromatic rings. The zero-order valence-corrected chi connectivity index (χ0v) is 31.1. The monoisotopic (exact) mass is 631 g/mol. The highest BCUT2D eigenvalue weighted by Gasteiger charge is 2.18. The van der Waals surface area contributed by atoms with E-state index >= 15 is 0 Å². The molecule has 0 aromatic carbocycles. The van der Waals surface area contributed by atoms with Gasteiger partial charge in [0.25, 0.3) is 0 Å². The normalized spacial score (nSPS) is 15.2. The van der Waals surface area contributed by atoms with E-state index in [2.05, 4.69) is 106 Å². The van der Waals surface area contributed by atoms with Gasteiger partial charge in [-0.25, -0.2) is 4.99 Å². The van der Waals surface area contributed by atoms with E-state index in [4.69, 9.17) is 19.6 Å². The van der Waals surface area contributed by atoms with Gasteiger partial charge < -0.3 is 24.4 Å². The van der Waals surface area contributed by atoms with E-state index in [-0.39, 0.29) is 0 Å². The van der Waals surface area contributed by atoms with Crippen LogP contribution in [0.3, 0.4) is 0 Å². The third-order valence-corrected chi connectivity index (χ3v) is 6.21. The smallest absolute Gasteiger partial charge is 0.136 e. The minimum Gasteiger partial charge on any atom is -0.400 e. The molecule has 0 saturated carbocycles. The lowest BCUT2D eigenvalue weighted by Gasteiger charge is -2.25. The SMILES string of the molecule is C=N/C(=C(/C=C(C)/C=C/C=C(C)\C=C/C)C(CC=CC)=NCC)N1CCCOCC1.CC.CCCOCCN(C)CCC.CO. The van der Waals surface area contributed by atoms with Crippen molar-refractivity contribution in [3.8, 4) is 0 Å². The van der Waals surface area contributed by atoms with Gasteiger partial charge in [0.05, 0.1) is 13.2 Å². The van der Waals surface area contributed by atoms with Crippen LogP contribution in [0.4, 0.5) is 0 Å². The van der Waals surface area contributed by atoms with Crippen molar-refractivity contribution in [3.05, 3.63) is 71.1 Å². The average Bonchev–Trinajstić information content (AvgIpc) is 3.33. The molecule has 1 aliphatic rings. The van der Waals surface area contributed by atoms with Crippen molar-refractivity contribution in [3.63, 3.8) is 0 Å². The van der Waals surface area contributed by atoms with Crippen LogP contribution >= 0.6 is 0 Å². The van der Waals surface area contributed by atoms with Crippen LogP contribution in [0.25, 0.3) is 0 Å². The molecule has 1 rings (SSSR count). The summed E-state index contributed by atoms with van der Waals surface area (Å²) in [4.78, 5) is 13.8. The summed E-state index contributed by atoms with van der Waals surface area (Å²) in [5.74, 6) is 0.894. The van der Waals surface area contributed by atoms with Crippen LogP contribution in [0.2, 0.25) is 0 Å². The first-order valence-corrected chi connectivity index (χ1v) is 16.9. The van der Waals surface area contributed by atoms with Gasteiger partial charge in [0.15, 0.2) is 0 Å². The highest BCUT2D eigenvalue weighted by atomic mass is 16.5. The number of rotatable bonds is 17. The number of nitrogens with zero attached hydrogens (tertiary/aromatic N) is 4. The van der Waals surface area contributed by atoms with Crippen molar-refractivity contribution < 1.29 is 14.6 Å². The van der Waals surface area contributed by atoms with Gasteiger partial charge in [-0.15, -0.1) is 0 Å². The maximum absolute atomic E-state index is 7.00. The number of aliphatic hydroxyl groups is 1. The van der Waals surface area contributed by atoms with Crippen molar-refractivity contribution in [2.75, 3.05) is 73.3 Å². The van der Waals surface area contributed by atoms with E-state index in [9.17, 15) is 0 Å². The topological polar surface area (TPSA) is 69.9 Å². The van der Waals surface area contributed by atoms with Gasteiger partial charge in [-0.05, 0) is 80.3 Å². The summed E-state index contributed by atoms with van der Waals surface area (Å²) in [7, 11) is 3.14. The average molecular weight is 631 g/mol. The van der Waals surface area contributed by atoms with E-state index < -0.39 is 0 Å². The van der Waals surface area contributed by atoms with Crippen molar-refractivity contribution >= 4 is 12.4 Å². The number of likely N-dealkylation sites (N-methyl/N-ethyl adjacent to an activating group) is 1. The molecule has 0 radical (unpaired) electrons. The van der Waals surface area contributed by atoms with Crippen molar-refractivity contribution in [2.24, 2.45) is 9.98 Å². The van der Waals surface area contributed by atoms with Crippen LogP contribution in [0.15, 0.2) is 81.1 Å². The minimum absolute atomic E-state index is 0.707. The molecular formula is C38H70N4O3. The Balaban J connectivity index is -0.000000983. The van der Waals surface area contributed by atoms with Gasteiger partial charge in [-0.3, -0.25) is 4.99 Å². The zero-order chi connectivity index (χ0) is 34.7. The molecule has 0 bridgehead atoms. The van der Waals surface area contributed by atoms with Crippen LogP contribution in [0, 0.1) is 0 Å². The predicted octanol–water partition coefficient (Wildman–Crippen LogP) is 8.46. The Morgan fingerprint density at radius 3 is 2.24 bits per heavy atom. The van der Waals surface area contributed by atoms with Gasteiger partial charge in [0, 0.05) is 64.2 Å². The van der Waals surface area contributed by atoms with Crippen LogP contribution in [-0.4, -0.2) is 101 Å². The van der Waals surface area contributed by atoms with Crippen molar-refractivity contribution in [2.45, 2.75) is 88.0 Å². The van der Waals surface area contributed by atoms with E-state index in [0.29, 0.717) is 6.61 Å². The fraction of sp³-hybridized carbons (Fsp3) is 0.632. The molecule has 1 fully saturated rings. The molecule has 0 aliphatic carbocycles. The molecule has 260 valence electrons. The largest absolute Gasteiger partial charge is 0.400 e. The highest BCUT2D eigenvalue weighted by Crippen LogP contribution is 2.21. The van der Waals surface area contributed by atoms with Crippen LogP contribution < -0.4 is 0 Å². The number of hydrogen-bond donors (Lipinski definition) is 1. The Morgan fingerprint density at radius 1 is 0.956 bits per heavy atom. The lowest BCUT2D eigenvalue weighted by Crippen LogP contribution is -2.27. The first-order valence-electron chi connectivity index (χ1n) is 16.9. The van der Waals surface area contributed by atoms with Gasteiger partial charge in [0.1, 0.15) is 5.82 Å². The fourth-order valence-electron chi connectivity index (χ4n) is 4.18. The lowest BCUT2D eigenvalue weighted by atomic mass is 10.0. The first kappa shape index (κ1) is 46.8. The number of aliphatic imine (C=N–C) groups is 2. The van der Waals surface area contributed by atoms with Crippen molar-refractivity contribution in [1.82, 2.24) is 9.80 Å². The van der Waals surface area contributed by atoms with E-state index in [1.54, 1.807) is 0 Å². The molecule has 0 amide bonds. The number of aliphatic hydroxyl groups excluding tert-OH is 1. The summed E-state index contributed by atoms with van der Waals surface area (Å²) in [5.41, 5.74) is 4.45. The summed E-state index contributed by atoms with van der Waals surface area (Å²) in [5, 5.41) is 7.00. The molecule has 1 saturated heterocycles. The Labute approximate surface area is 278 Å². The van der Waals surface area contributed by atoms with Crippen LogP contribution in [-0.2, 0) is 9.47 Å². The first-order chi connectivity index (χ1) is 21.9. The summed E-state index contributed by atoms with van der Waals surface area (Å²) >= 11 is 0. The van der Waals surface area contributed by atoms with Gasteiger partial charge in [-0.2, -0.15) is 0 Å². The Morgan fingerprint density at radius 2 is 1.67 bits per heavy atom. The second-order valence-electron chi connectivity index (χ2n) is 10.1. The Kier molecular flexibility index (Phi) is 37.4. The summed E-state index contributed by atoms with van der Waals surface area (Å²) < 4.78 is 11.0. The molecule has 45 heavy (non-hydrogen) atoms. The van der Waals surface area contributed by atoms with E-state index in [0.717, 1.165) is 95.1 Å². The molecular weight excluding hydrogens is 560 g/mol. The maximum atomic E-state index is 7.00. The molecule has 7 nitrogen and oxygen atoms in total.